The Bertz CT molecular complexity index is 422. The molecule has 0 unspecified atom stereocenters. The highest BCUT2D eigenvalue weighted by atomic mass is 16.5. The van der Waals surface area contributed by atoms with Gasteiger partial charge in [-0.25, -0.2) is 9.78 Å². The topological polar surface area (TPSA) is 97.5 Å². The Morgan fingerprint density at radius 3 is 2.95 bits per heavy atom. The third-order valence-corrected chi connectivity index (χ3v) is 2.39. The van der Waals surface area contributed by atoms with Gasteiger partial charge in [0.1, 0.15) is 5.82 Å². The normalized spacial score (nSPS) is 10.7. The first-order valence-electron chi connectivity index (χ1n) is 6.31. The van der Waals surface area contributed by atoms with E-state index >= 15 is 0 Å². The molecule has 1 heterocycles. The Hall–Kier alpha value is -1.82. The van der Waals surface area contributed by atoms with Crippen molar-refractivity contribution in [2.75, 3.05) is 30.8 Å². The van der Waals surface area contributed by atoms with Crippen molar-refractivity contribution in [3.8, 4) is 0 Å². The zero-order chi connectivity index (χ0) is 14.3. The summed E-state index contributed by atoms with van der Waals surface area (Å²) in [4.78, 5) is 14.9. The van der Waals surface area contributed by atoms with Crippen LogP contribution in [0.4, 0.5) is 11.5 Å². The highest BCUT2D eigenvalue weighted by Crippen LogP contribution is 2.14. The van der Waals surface area contributed by atoms with Crippen molar-refractivity contribution in [3.05, 3.63) is 17.8 Å². The molecule has 1 aromatic rings. The molecule has 1 rings (SSSR count). The minimum absolute atomic E-state index is 0.0635. The van der Waals surface area contributed by atoms with Crippen molar-refractivity contribution >= 4 is 17.5 Å². The lowest BCUT2D eigenvalue weighted by Gasteiger charge is -2.09. The number of aromatic carboxylic acids is 1. The third kappa shape index (κ3) is 5.56. The molecular formula is C13H21N3O3. The number of hydrogen-bond acceptors (Lipinski definition) is 5. The predicted molar refractivity (Wildman–Crippen MR) is 74.4 cm³/mol. The van der Waals surface area contributed by atoms with E-state index in [1.807, 2.05) is 0 Å². The third-order valence-electron chi connectivity index (χ3n) is 2.39. The summed E-state index contributed by atoms with van der Waals surface area (Å²) in [5, 5.41) is 12.0. The molecule has 0 amide bonds. The van der Waals surface area contributed by atoms with Gasteiger partial charge in [0.25, 0.3) is 0 Å². The fourth-order valence-corrected chi connectivity index (χ4v) is 1.46. The van der Waals surface area contributed by atoms with Crippen LogP contribution in [0.15, 0.2) is 12.3 Å². The van der Waals surface area contributed by atoms with Gasteiger partial charge in [-0.15, -0.1) is 0 Å². The Kier molecular flexibility index (Phi) is 6.08. The summed E-state index contributed by atoms with van der Waals surface area (Å²) in [5.41, 5.74) is 5.75. The van der Waals surface area contributed by atoms with Crippen LogP contribution in [0.1, 0.15) is 30.6 Å². The fraction of sp³-hybridized carbons (Fsp3) is 0.538. The number of anilines is 2. The van der Waals surface area contributed by atoms with Gasteiger partial charge in [-0.1, -0.05) is 13.8 Å². The summed E-state index contributed by atoms with van der Waals surface area (Å²) >= 11 is 0. The van der Waals surface area contributed by atoms with Gasteiger partial charge >= 0.3 is 5.97 Å². The molecule has 0 aliphatic rings. The van der Waals surface area contributed by atoms with Crippen molar-refractivity contribution in [1.29, 1.82) is 0 Å². The van der Waals surface area contributed by atoms with Gasteiger partial charge in [0.2, 0.25) is 0 Å². The monoisotopic (exact) mass is 267 g/mol. The van der Waals surface area contributed by atoms with E-state index in [1.54, 1.807) is 0 Å². The fourth-order valence-electron chi connectivity index (χ4n) is 1.46. The van der Waals surface area contributed by atoms with Crippen molar-refractivity contribution in [2.24, 2.45) is 5.92 Å². The molecule has 0 bridgehead atoms. The molecule has 0 saturated heterocycles. The van der Waals surface area contributed by atoms with Crippen LogP contribution in [0, 0.1) is 5.92 Å². The number of carboxylic acid groups (broad SMARTS) is 1. The zero-order valence-electron chi connectivity index (χ0n) is 11.3. The van der Waals surface area contributed by atoms with Gasteiger partial charge in [-0.2, -0.15) is 0 Å². The quantitative estimate of drug-likeness (QED) is 0.622. The molecule has 6 heteroatoms. The molecule has 19 heavy (non-hydrogen) atoms. The Labute approximate surface area is 113 Å². The maximum absolute atomic E-state index is 10.9. The predicted octanol–water partition coefficient (Wildman–Crippen LogP) is 1.84. The SMILES string of the molecule is CC(C)COCCCNc1cc(C(=O)O)c(N)cn1. The van der Waals surface area contributed by atoms with Crippen LogP contribution >= 0.6 is 0 Å². The van der Waals surface area contributed by atoms with Gasteiger partial charge in [-0.3, -0.25) is 0 Å². The average molecular weight is 267 g/mol. The van der Waals surface area contributed by atoms with Crippen LogP contribution < -0.4 is 11.1 Å². The molecule has 6 nitrogen and oxygen atoms in total. The summed E-state index contributed by atoms with van der Waals surface area (Å²) in [6.45, 7) is 6.30. The second-order valence-corrected chi connectivity index (χ2v) is 4.71. The molecule has 0 radical (unpaired) electrons. The molecule has 0 spiro atoms. The number of aromatic nitrogens is 1. The second kappa shape index (κ2) is 7.58. The molecule has 4 N–H and O–H groups in total. The van der Waals surface area contributed by atoms with Gasteiger partial charge in [0.05, 0.1) is 17.4 Å². The number of carboxylic acids is 1. The maximum Gasteiger partial charge on any atom is 0.337 e. The first-order chi connectivity index (χ1) is 9.00. The Balaban J connectivity index is 2.34. The lowest BCUT2D eigenvalue weighted by atomic mass is 10.2. The van der Waals surface area contributed by atoms with Crippen LogP contribution in [0.5, 0.6) is 0 Å². The molecular weight excluding hydrogens is 246 g/mol. The summed E-state index contributed by atoms with van der Waals surface area (Å²) in [6.07, 6.45) is 2.18. The molecule has 0 saturated carbocycles. The minimum Gasteiger partial charge on any atom is -0.478 e. The largest absolute Gasteiger partial charge is 0.478 e. The number of ether oxygens (including phenoxy) is 1. The van der Waals surface area contributed by atoms with Crippen LogP contribution in [0.25, 0.3) is 0 Å². The molecule has 0 aliphatic carbocycles. The number of hydrogen-bond donors (Lipinski definition) is 3. The summed E-state index contributed by atoms with van der Waals surface area (Å²) in [6, 6.07) is 1.44. The van der Waals surface area contributed by atoms with Crippen molar-refractivity contribution < 1.29 is 14.6 Å². The number of carbonyl (C=O) groups is 1. The first-order valence-corrected chi connectivity index (χ1v) is 6.31. The lowest BCUT2D eigenvalue weighted by Crippen LogP contribution is -2.10. The standard InChI is InChI=1S/C13H21N3O3/c1-9(2)8-19-5-3-4-15-12-6-10(13(17)18)11(14)7-16-12/h6-7,9H,3-5,8,14H2,1-2H3,(H,15,16)(H,17,18). The molecule has 0 atom stereocenters. The van der Waals surface area contributed by atoms with E-state index in [4.69, 9.17) is 15.6 Å². The van der Waals surface area contributed by atoms with E-state index in [1.165, 1.54) is 12.3 Å². The van der Waals surface area contributed by atoms with E-state index in [-0.39, 0.29) is 11.3 Å². The first kappa shape index (κ1) is 15.2. The number of nitrogens with zero attached hydrogens (tertiary/aromatic N) is 1. The van der Waals surface area contributed by atoms with E-state index in [9.17, 15) is 4.79 Å². The smallest absolute Gasteiger partial charge is 0.337 e. The van der Waals surface area contributed by atoms with Crippen LogP contribution in [-0.2, 0) is 4.74 Å². The molecule has 1 aromatic heterocycles. The van der Waals surface area contributed by atoms with Crippen LogP contribution in [0.2, 0.25) is 0 Å². The van der Waals surface area contributed by atoms with E-state index in [2.05, 4.69) is 24.1 Å². The number of pyridine rings is 1. The number of nitrogens with one attached hydrogen (secondary N) is 1. The van der Waals surface area contributed by atoms with Crippen LogP contribution in [-0.4, -0.2) is 35.8 Å². The molecule has 0 aliphatic heterocycles. The van der Waals surface area contributed by atoms with Gasteiger partial charge in [0, 0.05) is 19.8 Å². The average Bonchev–Trinajstić information content (AvgIpc) is 2.34. The maximum atomic E-state index is 10.9. The van der Waals surface area contributed by atoms with E-state index in [0.29, 0.717) is 24.9 Å². The Morgan fingerprint density at radius 1 is 1.58 bits per heavy atom. The van der Waals surface area contributed by atoms with Crippen molar-refractivity contribution in [3.63, 3.8) is 0 Å². The van der Waals surface area contributed by atoms with Crippen LogP contribution in [0.3, 0.4) is 0 Å². The molecule has 106 valence electrons. The summed E-state index contributed by atoms with van der Waals surface area (Å²) in [7, 11) is 0. The van der Waals surface area contributed by atoms with E-state index < -0.39 is 5.97 Å². The molecule has 0 fully saturated rings. The van der Waals surface area contributed by atoms with Gasteiger partial charge < -0.3 is 20.9 Å². The minimum atomic E-state index is -1.05. The zero-order valence-corrected chi connectivity index (χ0v) is 11.3. The molecule has 0 aromatic carbocycles. The highest BCUT2D eigenvalue weighted by molar-refractivity contribution is 5.94. The summed E-state index contributed by atoms with van der Waals surface area (Å²) < 4.78 is 5.44. The second-order valence-electron chi connectivity index (χ2n) is 4.71. The summed E-state index contributed by atoms with van der Waals surface area (Å²) in [5.74, 6) is -0.0106. The van der Waals surface area contributed by atoms with E-state index in [0.717, 1.165) is 13.0 Å². The number of nitrogens with two attached hydrogens (primary N) is 1. The Morgan fingerprint density at radius 2 is 2.32 bits per heavy atom. The lowest BCUT2D eigenvalue weighted by molar-refractivity contribution is 0.0698. The van der Waals surface area contributed by atoms with Crippen molar-refractivity contribution in [1.82, 2.24) is 4.98 Å². The number of rotatable bonds is 8. The van der Waals surface area contributed by atoms with Crippen molar-refractivity contribution in [2.45, 2.75) is 20.3 Å². The number of nitrogen functional groups attached to an aromatic ring is 1. The van der Waals surface area contributed by atoms with Gasteiger partial charge in [0.15, 0.2) is 0 Å². The van der Waals surface area contributed by atoms with Gasteiger partial charge in [-0.05, 0) is 18.4 Å². The highest BCUT2D eigenvalue weighted by Gasteiger charge is 2.09.